The fourth-order valence-electron chi connectivity index (χ4n) is 1.51. The summed E-state index contributed by atoms with van der Waals surface area (Å²) in [6, 6.07) is 0. The zero-order valence-electron chi connectivity index (χ0n) is 7.09. The van der Waals surface area contributed by atoms with E-state index in [1.807, 2.05) is 13.8 Å². The maximum atomic E-state index is 5.53. The van der Waals surface area contributed by atoms with Gasteiger partial charge < -0.3 is 9.47 Å². The number of fused-ring (bicyclic) bond motifs is 1. The van der Waals surface area contributed by atoms with Crippen LogP contribution in [0.25, 0.3) is 0 Å². The van der Waals surface area contributed by atoms with Crippen molar-refractivity contribution in [2.75, 3.05) is 13.2 Å². The summed E-state index contributed by atoms with van der Waals surface area (Å²) in [4.78, 5) is 0. The largest absolute Gasteiger partial charge is 0.350 e. The lowest BCUT2D eigenvalue weighted by Crippen LogP contribution is -2.28. The van der Waals surface area contributed by atoms with E-state index in [1.165, 1.54) is 5.57 Å². The van der Waals surface area contributed by atoms with Gasteiger partial charge in [0.05, 0.1) is 13.2 Å². The number of hydrogen-bond acceptors (Lipinski definition) is 2. The van der Waals surface area contributed by atoms with Crippen LogP contribution in [-0.4, -0.2) is 19.0 Å². The zero-order chi connectivity index (χ0) is 8.06. The summed E-state index contributed by atoms with van der Waals surface area (Å²) in [7, 11) is 0. The molecule has 0 N–H and O–H groups in total. The molecule has 2 rings (SSSR count). The van der Waals surface area contributed by atoms with E-state index in [4.69, 9.17) is 9.47 Å². The molecule has 0 unspecified atom stereocenters. The predicted molar refractivity (Wildman–Crippen MR) is 42.1 cm³/mol. The molecule has 1 heterocycles. The average molecular weight is 154 g/mol. The molecule has 0 aromatic heterocycles. The lowest BCUT2D eigenvalue weighted by atomic mass is 10.3. The van der Waals surface area contributed by atoms with Crippen LogP contribution in [0.3, 0.4) is 0 Å². The van der Waals surface area contributed by atoms with E-state index in [9.17, 15) is 0 Å². The lowest BCUT2D eigenvalue weighted by molar-refractivity contribution is -0.204. The molecule has 11 heavy (non-hydrogen) atoms. The first-order chi connectivity index (χ1) is 5.10. The fraction of sp³-hybridized carbons (Fsp3) is 0.778. The molecule has 0 aromatic carbocycles. The summed E-state index contributed by atoms with van der Waals surface area (Å²) in [5, 5.41) is 0. The van der Waals surface area contributed by atoms with Crippen LogP contribution < -0.4 is 0 Å². The second kappa shape index (κ2) is 2.08. The standard InChI is InChI=1S/C9H14O2/c1-6-7-4-10-9(2,3)11-5-8(6)7/h7-8H,1,4-5H2,2-3H3/t7-,8+. The molecule has 0 aromatic rings. The van der Waals surface area contributed by atoms with Gasteiger partial charge in [-0.1, -0.05) is 12.2 Å². The Hall–Kier alpha value is -0.340. The van der Waals surface area contributed by atoms with Gasteiger partial charge in [0.25, 0.3) is 0 Å². The Bertz CT molecular complexity index is 178. The Balaban J connectivity index is 2.01. The highest BCUT2D eigenvalue weighted by atomic mass is 16.7. The maximum Gasteiger partial charge on any atom is 0.162 e. The fourth-order valence-corrected chi connectivity index (χ4v) is 1.51. The number of ether oxygens (including phenoxy) is 2. The topological polar surface area (TPSA) is 18.5 Å². The molecule has 62 valence electrons. The Kier molecular flexibility index (Phi) is 1.38. The van der Waals surface area contributed by atoms with Gasteiger partial charge in [-0.15, -0.1) is 0 Å². The van der Waals surface area contributed by atoms with Crippen molar-refractivity contribution in [1.82, 2.24) is 0 Å². The molecule has 1 saturated carbocycles. The Morgan fingerprint density at radius 1 is 1.27 bits per heavy atom. The van der Waals surface area contributed by atoms with Crippen LogP contribution >= 0.6 is 0 Å². The van der Waals surface area contributed by atoms with Crippen molar-refractivity contribution in [2.45, 2.75) is 19.6 Å². The Labute approximate surface area is 67.2 Å². The molecule has 1 aliphatic heterocycles. The van der Waals surface area contributed by atoms with Gasteiger partial charge in [0.2, 0.25) is 0 Å². The maximum absolute atomic E-state index is 5.53. The van der Waals surface area contributed by atoms with E-state index >= 15 is 0 Å². The number of hydrogen-bond donors (Lipinski definition) is 0. The third-order valence-electron chi connectivity index (χ3n) is 2.55. The van der Waals surface area contributed by atoms with Gasteiger partial charge in [-0.05, 0) is 13.8 Å². The first-order valence-electron chi connectivity index (χ1n) is 4.07. The van der Waals surface area contributed by atoms with Crippen LogP contribution in [-0.2, 0) is 9.47 Å². The quantitative estimate of drug-likeness (QED) is 0.493. The molecule has 0 spiro atoms. The first kappa shape index (κ1) is 7.32. The van der Waals surface area contributed by atoms with E-state index in [0.717, 1.165) is 13.2 Å². The Morgan fingerprint density at radius 3 is 2.18 bits per heavy atom. The Morgan fingerprint density at radius 2 is 1.73 bits per heavy atom. The normalized spacial score (nSPS) is 41.1. The molecule has 2 nitrogen and oxygen atoms in total. The second-order valence-corrected chi connectivity index (χ2v) is 3.81. The van der Waals surface area contributed by atoms with Gasteiger partial charge in [-0.2, -0.15) is 0 Å². The summed E-state index contributed by atoms with van der Waals surface area (Å²) in [5.41, 5.74) is 1.31. The van der Waals surface area contributed by atoms with Crippen LogP contribution in [0.4, 0.5) is 0 Å². The van der Waals surface area contributed by atoms with Gasteiger partial charge in [0.1, 0.15) is 0 Å². The molecule has 2 atom stereocenters. The third kappa shape index (κ3) is 1.21. The number of rotatable bonds is 0. The predicted octanol–water partition coefficient (Wildman–Crippen LogP) is 1.57. The van der Waals surface area contributed by atoms with Crippen molar-refractivity contribution >= 4 is 0 Å². The summed E-state index contributed by atoms with van der Waals surface area (Å²) >= 11 is 0. The van der Waals surface area contributed by atoms with Crippen LogP contribution in [0, 0.1) is 11.8 Å². The first-order valence-corrected chi connectivity index (χ1v) is 4.07. The molecule has 1 saturated heterocycles. The van der Waals surface area contributed by atoms with E-state index < -0.39 is 0 Å². The van der Waals surface area contributed by atoms with Crippen molar-refractivity contribution in [1.29, 1.82) is 0 Å². The van der Waals surface area contributed by atoms with Gasteiger partial charge in [0, 0.05) is 11.8 Å². The molecule has 2 fully saturated rings. The molecule has 2 aliphatic rings. The van der Waals surface area contributed by atoms with Crippen LogP contribution in [0.2, 0.25) is 0 Å². The summed E-state index contributed by atoms with van der Waals surface area (Å²) in [5.74, 6) is 0.779. The van der Waals surface area contributed by atoms with Crippen molar-refractivity contribution in [2.24, 2.45) is 11.8 Å². The molecule has 0 bridgehead atoms. The zero-order valence-corrected chi connectivity index (χ0v) is 7.09. The molecule has 0 radical (unpaired) electrons. The highest BCUT2D eigenvalue weighted by molar-refractivity contribution is 5.26. The van der Waals surface area contributed by atoms with E-state index in [2.05, 4.69) is 6.58 Å². The van der Waals surface area contributed by atoms with Gasteiger partial charge >= 0.3 is 0 Å². The highest BCUT2D eigenvalue weighted by Gasteiger charge is 2.46. The molecule has 2 heteroatoms. The van der Waals surface area contributed by atoms with Crippen molar-refractivity contribution < 1.29 is 9.47 Å². The molecular weight excluding hydrogens is 140 g/mol. The smallest absolute Gasteiger partial charge is 0.162 e. The lowest BCUT2D eigenvalue weighted by Gasteiger charge is -2.23. The van der Waals surface area contributed by atoms with Crippen LogP contribution in [0.5, 0.6) is 0 Å². The van der Waals surface area contributed by atoms with Gasteiger partial charge in [-0.3, -0.25) is 0 Å². The average Bonchev–Trinajstić information content (AvgIpc) is 2.56. The summed E-state index contributed by atoms with van der Waals surface area (Å²) in [6.07, 6.45) is 0. The minimum atomic E-state index is -0.381. The van der Waals surface area contributed by atoms with E-state index in [-0.39, 0.29) is 5.79 Å². The van der Waals surface area contributed by atoms with E-state index in [0.29, 0.717) is 11.8 Å². The molecule has 1 aliphatic carbocycles. The van der Waals surface area contributed by atoms with E-state index in [1.54, 1.807) is 0 Å². The molecular formula is C9H14O2. The van der Waals surface area contributed by atoms with Gasteiger partial charge in [-0.25, -0.2) is 0 Å². The monoisotopic (exact) mass is 154 g/mol. The minimum Gasteiger partial charge on any atom is -0.350 e. The SMILES string of the molecule is C=C1[C@H]2COC(C)(C)OC[C@@H]12. The van der Waals surface area contributed by atoms with Crippen LogP contribution in [0.1, 0.15) is 13.8 Å². The second-order valence-electron chi connectivity index (χ2n) is 3.81. The summed E-state index contributed by atoms with van der Waals surface area (Å²) < 4.78 is 11.1. The summed E-state index contributed by atoms with van der Waals surface area (Å²) in [6.45, 7) is 9.43. The van der Waals surface area contributed by atoms with Crippen molar-refractivity contribution in [3.63, 3.8) is 0 Å². The van der Waals surface area contributed by atoms with Gasteiger partial charge in [0.15, 0.2) is 5.79 Å². The minimum absolute atomic E-state index is 0.381. The third-order valence-corrected chi connectivity index (χ3v) is 2.55. The highest BCUT2D eigenvalue weighted by Crippen LogP contribution is 2.47. The van der Waals surface area contributed by atoms with Crippen molar-refractivity contribution in [3.8, 4) is 0 Å². The molecule has 0 amide bonds. The van der Waals surface area contributed by atoms with Crippen LogP contribution in [0.15, 0.2) is 12.2 Å². The van der Waals surface area contributed by atoms with Crippen molar-refractivity contribution in [3.05, 3.63) is 12.2 Å².